The summed E-state index contributed by atoms with van der Waals surface area (Å²) in [6.07, 6.45) is 6.46. The van der Waals surface area contributed by atoms with Gasteiger partial charge in [0.25, 0.3) is 0 Å². The van der Waals surface area contributed by atoms with E-state index in [1.54, 1.807) is 0 Å². The Morgan fingerprint density at radius 3 is 2.93 bits per heavy atom. The molecule has 0 saturated heterocycles. The molecule has 3 N–H and O–H groups in total. The van der Waals surface area contributed by atoms with Gasteiger partial charge in [-0.05, 0) is 45.1 Å². The number of nitrogens with one attached hydrogen (secondary N) is 1. The fraction of sp³-hybridized carbons (Fsp3) is 0.727. The van der Waals surface area contributed by atoms with Crippen molar-refractivity contribution < 1.29 is 4.79 Å². The molecule has 0 aromatic heterocycles. The fourth-order valence-electron chi connectivity index (χ4n) is 1.93. The van der Waals surface area contributed by atoms with Crippen LogP contribution in [0.3, 0.4) is 0 Å². The van der Waals surface area contributed by atoms with Gasteiger partial charge in [0.15, 0.2) is 0 Å². The van der Waals surface area contributed by atoms with Crippen LogP contribution in [0.25, 0.3) is 0 Å². The topological polar surface area (TPSA) is 55.1 Å². The standard InChI is InChI=1S/C11H20N2O/c1-3-10(14)13-9-5-4-7-11(2,12)8-6-9/h3,9H,1,4-8,12H2,2H3,(H,13,14). The van der Waals surface area contributed by atoms with Crippen LogP contribution in [0, 0.1) is 0 Å². The molecule has 1 aliphatic carbocycles. The molecule has 1 fully saturated rings. The van der Waals surface area contributed by atoms with Crippen LogP contribution in [-0.4, -0.2) is 17.5 Å². The Bertz CT molecular complexity index is 223. The molecule has 0 aromatic carbocycles. The predicted molar refractivity (Wildman–Crippen MR) is 57.8 cm³/mol. The average Bonchev–Trinajstić information content (AvgIpc) is 2.28. The minimum atomic E-state index is -0.0735. The molecule has 0 aliphatic heterocycles. The first-order chi connectivity index (χ1) is 6.53. The summed E-state index contributed by atoms with van der Waals surface area (Å²) in [6.45, 7) is 5.53. The zero-order valence-electron chi connectivity index (χ0n) is 8.88. The predicted octanol–water partition coefficient (Wildman–Crippen LogP) is 1.34. The van der Waals surface area contributed by atoms with Gasteiger partial charge in [0.05, 0.1) is 0 Å². The lowest BCUT2D eigenvalue weighted by molar-refractivity contribution is -0.117. The maximum Gasteiger partial charge on any atom is 0.243 e. The van der Waals surface area contributed by atoms with Crippen LogP contribution in [0.5, 0.6) is 0 Å². The van der Waals surface area contributed by atoms with Gasteiger partial charge in [0, 0.05) is 11.6 Å². The van der Waals surface area contributed by atoms with Crippen LogP contribution in [-0.2, 0) is 4.79 Å². The van der Waals surface area contributed by atoms with Crippen LogP contribution < -0.4 is 11.1 Å². The lowest BCUT2D eigenvalue weighted by Gasteiger charge is -2.22. The lowest BCUT2D eigenvalue weighted by atomic mass is 9.94. The van der Waals surface area contributed by atoms with Gasteiger partial charge in [-0.1, -0.05) is 6.58 Å². The van der Waals surface area contributed by atoms with Crippen molar-refractivity contribution in [1.82, 2.24) is 5.32 Å². The molecule has 2 atom stereocenters. The fourth-order valence-corrected chi connectivity index (χ4v) is 1.93. The summed E-state index contributed by atoms with van der Waals surface area (Å²) in [5.74, 6) is -0.0735. The summed E-state index contributed by atoms with van der Waals surface area (Å²) in [5.41, 5.74) is 6.02. The van der Waals surface area contributed by atoms with Crippen molar-refractivity contribution in [2.75, 3.05) is 0 Å². The monoisotopic (exact) mass is 196 g/mol. The maximum atomic E-state index is 11.1. The molecule has 0 bridgehead atoms. The summed E-state index contributed by atoms with van der Waals surface area (Å²) in [7, 11) is 0. The molecule has 3 nitrogen and oxygen atoms in total. The second-order valence-electron chi connectivity index (χ2n) is 4.49. The minimum Gasteiger partial charge on any atom is -0.350 e. The zero-order valence-corrected chi connectivity index (χ0v) is 8.88. The Hall–Kier alpha value is -0.830. The highest BCUT2D eigenvalue weighted by Gasteiger charge is 2.24. The van der Waals surface area contributed by atoms with Gasteiger partial charge in [0.2, 0.25) is 5.91 Å². The highest BCUT2D eigenvalue weighted by Crippen LogP contribution is 2.24. The summed E-state index contributed by atoms with van der Waals surface area (Å²) in [6, 6.07) is 0.283. The number of amides is 1. The maximum absolute atomic E-state index is 11.1. The lowest BCUT2D eigenvalue weighted by Crippen LogP contribution is -2.37. The van der Waals surface area contributed by atoms with Crippen molar-refractivity contribution >= 4 is 5.91 Å². The van der Waals surface area contributed by atoms with Crippen molar-refractivity contribution in [2.45, 2.75) is 50.6 Å². The summed E-state index contributed by atoms with van der Waals surface area (Å²) < 4.78 is 0. The molecule has 1 amide bonds. The van der Waals surface area contributed by atoms with Crippen LogP contribution in [0.15, 0.2) is 12.7 Å². The van der Waals surface area contributed by atoms with Gasteiger partial charge >= 0.3 is 0 Å². The van der Waals surface area contributed by atoms with Crippen molar-refractivity contribution in [2.24, 2.45) is 5.73 Å². The van der Waals surface area contributed by atoms with Crippen LogP contribution in [0.4, 0.5) is 0 Å². The minimum absolute atomic E-state index is 0.0480. The highest BCUT2D eigenvalue weighted by molar-refractivity contribution is 5.87. The third-order valence-corrected chi connectivity index (χ3v) is 2.90. The van der Waals surface area contributed by atoms with Gasteiger partial charge in [-0.15, -0.1) is 0 Å². The van der Waals surface area contributed by atoms with E-state index in [-0.39, 0.29) is 17.5 Å². The van der Waals surface area contributed by atoms with Gasteiger partial charge in [-0.3, -0.25) is 4.79 Å². The smallest absolute Gasteiger partial charge is 0.243 e. The third-order valence-electron chi connectivity index (χ3n) is 2.90. The highest BCUT2D eigenvalue weighted by atomic mass is 16.1. The second kappa shape index (κ2) is 4.60. The molecular formula is C11H20N2O. The Morgan fingerprint density at radius 2 is 2.29 bits per heavy atom. The average molecular weight is 196 g/mol. The largest absolute Gasteiger partial charge is 0.350 e. The summed E-state index contributed by atoms with van der Waals surface area (Å²) in [4.78, 5) is 11.1. The molecule has 2 unspecified atom stereocenters. The van der Waals surface area contributed by atoms with E-state index in [1.807, 2.05) is 0 Å². The quantitative estimate of drug-likeness (QED) is 0.517. The number of carbonyl (C=O) groups is 1. The number of carbonyl (C=O) groups excluding carboxylic acids is 1. The molecule has 80 valence electrons. The van der Waals surface area contributed by atoms with E-state index >= 15 is 0 Å². The Balaban J connectivity index is 2.42. The van der Waals surface area contributed by atoms with Crippen LogP contribution in [0.2, 0.25) is 0 Å². The number of hydrogen-bond acceptors (Lipinski definition) is 2. The number of rotatable bonds is 2. The molecule has 1 rings (SSSR count). The summed E-state index contributed by atoms with van der Waals surface area (Å²) in [5, 5.41) is 2.93. The molecule has 0 radical (unpaired) electrons. The van der Waals surface area contributed by atoms with Crippen molar-refractivity contribution in [3.63, 3.8) is 0 Å². The van der Waals surface area contributed by atoms with E-state index in [0.717, 1.165) is 32.1 Å². The van der Waals surface area contributed by atoms with Gasteiger partial charge in [-0.2, -0.15) is 0 Å². The first kappa shape index (κ1) is 11.2. The summed E-state index contributed by atoms with van der Waals surface area (Å²) >= 11 is 0. The number of hydrogen-bond donors (Lipinski definition) is 2. The Morgan fingerprint density at radius 1 is 1.57 bits per heavy atom. The van der Waals surface area contributed by atoms with Crippen LogP contribution in [0.1, 0.15) is 39.0 Å². The third kappa shape index (κ3) is 3.50. The first-order valence-electron chi connectivity index (χ1n) is 5.25. The van der Waals surface area contributed by atoms with Crippen LogP contribution >= 0.6 is 0 Å². The zero-order chi connectivity index (χ0) is 10.6. The van der Waals surface area contributed by atoms with Crippen molar-refractivity contribution in [3.05, 3.63) is 12.7 Å². The second-order valence-corrected chi connectivity index (χ2v) is 4.49. The van der Waals surface area contributed by atoms with E-state index in [2.05, 4.69) is 18.8 Å². The van der Waals surface area contributed by atoms with Crippen molar-refractivity contribution in [1.29, 1.82) is 0 Å². The van der Waals surface area contributed by atoms with Gasteiger partial charge in [-0.25, -0.2) is 0 Å². The molecule has 0 aromatic rings. The molecule has 0 heterocycles. The van der Waals surface area contributed by atoms with E-state index in [9.17, 15) is 4.79 Å². The molecule has 1 saturated carbocycles. The van der Waals surface area contributed by atoms with E-state index in [0.29, 0.717) is 0 Å². The molecule has 1 aliphatic rings. The van der Waals surface area contributed by atoms with Crippen molar-refractivity contribution in [3.8, 4) is 0 Å². The van der Waals surface area contributed by atoms with E-state index < -0.39 is 0 Å². The molecular weight excluding hydrogens is 176 g/mol. The van der Waals surface area contributed by atoms with Gasteiger partial charge in [0.1, 0.15) is 0 Å². The molecule has 0 spiro atoms. The normalized spacial score (nSPS) is 33.1. The van der Waals surface area contributed by atoms with E-state index in [1.165, 1.54) is 6.08 Å². The van der Waals surface area contributed by atoms with Gasteiger partial charge < -0.3 is 11.1 Å². The first-order valence-corrected chi connectivity index (χ1v) is 5.25. The molecule has 14 heavy (non-hydrogen) atoms. The molecule has 3 heteroatoms. The SMILES string of the molecule is C=CC(=O)NC1CCCC(C)(N)CC1. The Kier molecular flexibility index (Phi) is 3.69. The number of nitrogens with two attached hydrogens (primary N) is 1. The Labute approximate surface area is 85.7 Å². The van der Waals surface area contributed by atoms with E-state index in [4.69, 9.17) is 5.73 Å².